The minimum Gasteiger partial charge on any atom is -0.854 e. The molecule has 0 atom stereocenters. The lowest BCUT2D eigenvalue weighted by Crippen LogP contribution is -2.18. The molecule has 1 aliphatic rings. The van der Waals surface area contributed by atoms with Gasteiger partial charge in [-0.1, -0.05) is 48.5 Å². The van der Waals surface area contributed by atoms with Crippen LogP contribution in [0.3, 0.4) is 0 Å². The molecule has 0 radical (unpaired) electrons. The van der Waals surface area contributed by atoms with Crippen LogP contribution in [0.1, 0.15) is 0 Å². The summed E-state index contributed by atoms with van der Waals surface area (Å²) in [6, 6.07) is 17.1. The molecule has 0 aliphatic heterocycles. The Hall–Kier alpha value is -1.25. The van der Waals surface area contributed by atoms with Gasteiger partial charge in [0.15, 0.2) is 0 Å². The van der Waals surface area contributed by atoms with Crippen molar-refractivity contribution in [3.8, 4) is 0 Å². The standard InChI is InChI=1S/C12H8.O3P/c1-2-6-10-9(5-1)11-7-3-4-8-12(10)11;1-4(2)3/h1-8H;/q;-3. The maximum atomic E-state index is 8.48. The Morgan fingerprint density at radius 1 is 0.562 bits per heavy atom. The molecule has 0 amide bonds. The maximum Gasteiger partial charge on any atom is -0.00990 e. The molecule has 82 valence electrons. The van der Waals surface area contributed by atoms with Gasteiger partial charge in [-0.3, -0.25) is 0 Å². The highest BCUT2D eigenvalue weighted by Crippen LogP contribution is 2.11. The van der Waals surface area contributed by atoms with Gasteiger partial charge in [0.25, 0.3) is 0 Å². The van der Waals surface area contributed by atoms with Crippen LogP contribution in [0.4, 0.5) is 0 Å². The minimum atomic E-state index is -3.37. The van der Waals surface area contributed by atoms with Crippen LogP contribution in [0.25, 0.3) is 0 Å². The van der Waals surface area contributed by atoms with Crippen LogP contribution in [0.5, 0.6) is 0 Å². The van der Waals surface area contributed by atoms with Crippen LogP contribution in [0, 0.1) is 20.9 Å². The average molecular weight is 231 g/mol. The van der Waals surface area contributed by atoms with Crippen LogP contribution in [0.2, 0.25) is 0 Å². The summed E-state index contributed by atoms with van der Waals surface area (Å²) in [7, 11) is -3.37. The largest absolute Gasteiger partial charge is 0.854 e. The highest BCUT2D eigenvalue weighted by atomic mass is 31.2. The molecule has 4 heteroatoms. The van der Waals surface area contributed by atoms with Crippen molar-refractivity contribution in [2.45, 2.75) is 0 Å². The van der Waals surface area contributed by atoms with Crippen molar-refractivity contribution in [2.24, 2.45) is 0 Å². The predicted octanol–water partition coefficient (Wildman–Crippen LogP) is -0.132. The maximum absolute atomic E-state index is 8.48. The van der Waals surface area contributed by atoms with E-state index in [0.29, 0.717) is 0 Å². The molecule has 2 aromatic rings. The normalized spacial score (nSPS) is 10.8. The average Bonchev–Trinajstić information content (AvgIpc) is 2.25. The summed E-state index contributed by atoms with van der Waals surface area (Å²) in [6.07, 6.45) is 0. The first kappa shape index (κ1) is 11.2. The van der Waals surface area contributed by atoms with E-state index >= 15 is 0 Å². The molecule has 0 N–H and O–H groups in total. The third-order valence-electron chi connectivity index (χ3n) is 2.43. The first-order valence-electron chi connectivity index (χ1n) is 4.70. The molecule has 3 rings (SSSR count). The molecule has 0 heterocycles. The molecule has 0 bridgehead atoms. The van der Waals surface area contributed by atoms with Gasteiger partial charge in [0, 0.05) is 0 Å². The molecular formula is C12H8O3P-3. The first-order chi connectivity index (χ1) is 7.70. The van der Waals surface area contributed by atoms with Crippen molar-refractivity contribution in [1.82, 2.24) is 0 Å². The van der Waals surface area contributed by atoms with E-state index in [1.807, 2.05) is 0 Å². The van der Waals surface area contributed by atoms with Crippen LogP contribution < -0.4 is 14.7 Å². The Morgan fingerprint density at radius 2 is 0.750 bits per heavy atom. The molecule has 2 aromatic carbocycles. The van der Waals surface area contributed by atoms with Gasteiger partial charge >= 0.3 is 0 Å². The van der Waals surface area contributed by atoms with Gasteiger partial charge in [-0.25, -0.2) is 0 Å². The van der Waals surface area contributed by atoms with E-state index < -0.39 is 8.60 Å². The number of hydrogen-bond donors (Lipinski definition) is 0. The van der Waals surface area contributed by atoms with Crippen molar-refractivity contribution in [3.63, 3.8) is 0 Å². The summed E-state index contributed by atoms with van der Waals surface area (Å²) in [5.41, 5.74) is 0. The molecule has 3 nitrogen and oxygen atoms in total. The van der Waals surface area contributed by atoms with Gasteiger partial charge in [0.2, 0.25) is 0 Å². The quantitative estimate of drug-likeness (QED) is 0.506. The van der Waals surface area contributed by atoms with Crippen molar-refractivity contribution < 1.29 is 14.7 Å². The summed E-state index contributed by atoms with van der Waals surface area (Å²) in [4.78, 5) is 25.4. The van der Waals surface area contributed by atoms with Crippen LogP contribution in [-0.4, -0.2) is 0 Å². The molecule has 0 unspecified atom stereocenters. The number of fused-ring (bicyclic) bond motifs is 2. The first-order valence-corrected chi connectivity index (χ1v) is 5.80. The summed E-state index contributed by atoms with van der Waals surface area (Å²) < 4.78 is 0. The van der Waals surface area contributed by atoms with Crippen molar-refractivity contribution in [1.29, 1.82) is 0 Å². The van der Waals surface area contributed by atoms with Crippen LogP contribution in [-0.2, 0) is 0 Å². The Balaban J connectivity index is 0.000000212. The molecule has 1 aliphatic carbocycles. The molecule has 0 saturated heterocycles. The topological polar surface area (TPSA) is 69.2 Å². The van der Waals surface area contributed by atoms with Crippen LogP contribution >= 0.6 is 8.60 Å². The second kappa shape index (κ2) is 4.73. The molecule has 0 saturated carbocycles. The molecule has 0 aromatic heterocycles. The van der Waals surface area contributed by atoms with Gasteiger partial charge in [0.05, 0.1) is 0 Å². The number of benzene rings is 2. The minimum absolute atomic E-state index is 1.40. The van der Waals surface area contributed by atoms with Gasteiger partial charge in [0.1, 0.15) is 0 Å². The van der Waals surface area contributed by atoms with Crippen molar-refractivity contribution in [2.75, 3.05) is 0 Å². The van der Waals surface area contributed by atoms with Crippen molar-refractivity contribution in [3.05, 3.63) is 69.4 Å². The third kappa shape index (κ3) is 2.13. The zero-order valence-corrected chi connectivity index (χ0v) is 9.19. The molecular weight excluding hydrogens is 223 g/mol. The van der Waals surface area contributed by atoms with E-state index in [-0.39, 0.29) is 0 Å². The van der Waals surface area contributed by atoms with Crippen LogP contribution in [0.15, 0.2) is 48.5 Å². The van der Waals surface area contributed by atoms with Gasteiger partial charge in [-0.05, 0) is 20.9 Å². The second-order valence-electron chi connectivity index (χ2n) is 3.31. The van der Waals surface area contributed by atoms with E-state index in [1.54, 1.807) is 0 Å². The summed E-state index contributed by atoms with van der Waals surface area (Å²) in [5.74, 6) is 0. The fourth-order valence-corrected chi connectivity index (χ4v) is 1.84. The Morgan fingerprint density at radius 3 is 0.938 bits per heavy atom. The summed E-state index contributed by atoms with van der Waals surface area (Å²) >= 11 is 0. The van der Waals surface area contributed by atoms with Crippen molar-refractivity contribution >= 4 is 8.60 Å². The summed E-state index contributed by atoms with van der Waals surface area (Å²) in [5, 5.41) is 5.59. The zero-order chi connectivity index (χ0) is 11.5. The Bertz CT molecular complexity index is 530. The van der Waals surface area contributed by atoms with E-state index in [4.69, 9.17) is 14.7 Å². The highest BCUT2D eigenvalue weighted by Gasteiger charge is 1.97. The summed E-state index contributed by atoms with van der Waals surface area (Å²) in [6.45, 7) is 0. The van der Waals surface area contributed by atoms with E-state index in [2.05, 4.69) is 48.5 Å². The monoisotopic (exact) mass is 231 g/mol. The smallest absolute Gasteiger partial charge is 0.00990 e. The molecule has 0 spiro atoms. The van der Waals surface area contributed by atoms with E-state index in [9.17, 15) is 0 Å². The molecule has 0 fully saturated rings. The molecule has 16 heavy (non-hydrogen) atoms. The van der Waals surface area contributed by atoms with E-state index in [0.717, 1.165) is 0 Å². The predicted molar refractivity (Wildman–Crippen MR) is 55.1 cm³/mol. The van der Waals surface area contributed by atoms with Gasteiger partial charge in [-0.2, -0.15) is 0 Å². The highest BCUT2D eigenvalue weighted by molar-refractivity contribution is 7.33. The third-order valence-corrected chi connectivity index (χ3v) is 2.43. The Labute approximate surface area is 93.3 Å². The lowest BCUT2D eigenvalue weighted by molar-refractivity contribution is -0.407. The second-order valence-corrected chi connectivity index (χ2v) is 3.76. The number of hydrogen-bond acceptors (Lipinski definition) is 3. The van der Waals surface area contributed by atoms with Gasteiger partial charge < -0.3 is 23.3 Å². The SMILES string of the molecule is [O-]P([O-])[O-].c1ccc2c(c1)=c1ccccc1=2. The van der Waals surface area contributed by atoms with E-state index in [1.165, 1.54) is 20.9 Å². The lowest BCUT2D eigenvalue weighted by Gasteiger charge is -2.39. The fraction of sp³-hybridized carbons (Fsp3) is 0. The zero-order valence-electron chi connectivity index (χ0n) is 8.29. The lowest BCUT2D eigenvalue weighted by atomic mass is 10.0. The van der Waals surface area contributed by atoms with Gasteiger partial charge in [-0.15, -0.1) is 0 Å². The Kier molecular flexibility index (Phi) is 3.32. The fourth-order valence-electron chi connectivity index (χ4n) is 1.84. The number of rotatable bonds is 0.